The molecule has 0 bridgehead atoms. The molecule has 4 heteroatoms. The third kappa shape index (κ3) is 2.95. The lowest BCUT2D eigenvalue weighted by Crippen LogP contribution is -2.01. The van der Waals surface area contributed by atoms with Crippen LogP contribution in [0.1, 0.15) is 39.3 Å². The summed E-state index contributed by atoms with van der Waals surface area (Å²) in [4.78, 5) is 9.19. The second-order valence-electron chi connectivity index (χ2n) is 6.62. The molecule has 0 atom stereocenters. The number of fused-ring (bicyclic) bond motifs is 3. The fourth-order valence-corrected chi connectivity index (χ4v) is 3.23. The smallest absolute Gasteiger partial charge is 0.172 e. The molecule has 0 aliphatic heterocycles. The van der Waals surface area contributed by atoms with Crippen molar-refractivity contribution < 1.29 is 0 Å². The normalized spacial score (nSPS) is 12.4. The Morgan fingerprint density at radius 3 is 2.68 bits per heavy atom. The quantitative estimate of drug-likeness (QED) is 0.534. The van der Waals surface area contributed by atoms with Crippen LogP contribution in [0.3, 0.4) is 0 Å². The van der Waals surface area contributed by atoms with Crippen LogP contribution in [-0.4, -0.2) is 21.4 Å². The van der Waals surface area contributed by atoms with Gasteiger partial charge in [0.15, 0.2) is 5.82 Å². The fourth-order valence-electron chi connectivity index (χ4n) is 3.23. The van der Waals surface area contributed by atoms with Crippen molar-refractivity contribution in [3.8, 4) is 11.3 Å². The average molecular weight is 328 g/mol. The highest BCUT2D eigenvalue weighted by Gasteiger charge is 2.21. The Morgan fingerprint density at radius 1 is 1.00 bits per heavy atom. The summed E-state index contributed by atoms with van der Waals surface area (Å²) in [5.41, 5.74) is 9.29. The van der Waals surface area contributed by atoms with E-state index >= 15 is 0 Å². The van der Waals surface area contributed by atoms with Gasteiger partial charge >= 0.3 is 0 Å². The van der Waals surface area contributed by atoms with E-state index in [0.29, 0.717) is 12.4 Å². The zero-order valence-electron chi connectivity index (χ0n) is 14.7. The van der Waals surface area contributed by atoms with Gasteiger partial charge in [0.2, 0.25) is 0 Å². The van der Waals surface area contributed by atoms with Crippen molar-refractivity contribution in [1.29, 1.82) is 0 Å². The molecule has 0 fully saturated rings. The Morgan fingerprint density at radius 2 is 1.80 bits per heavy atom. The number of rotatable bonds is 3. The summed E-state index contributed by atoms with van der Waals surface area (Å²) in [6.45, 7) is 6.81. The summed E-state index contributed by atoms with van der Waals surface area (Å²) < 4.78 is 0. The molecule has 124 valence electrons. The van der Waals surface area contributed by atoms with Crippen LogP contribution < -0.4 is 0 Å². The molecule has 2 aromatic carbocycles. The molecule has 0 saturated carbocycles. The van der Waals surface area contributed by atoms with E-state index in [1.54, 1.807) is 0 Å². The topological polar surface area (TPSA) is 51.0 Å². The number of nitrogens with zero attached hydrogens (tertiary/aromatic N) is 4. The van der Waals surface area contributed by atoms with E-state index in [-0.39, 0.29) is 0 Å². The number of aryl methyl sites for hydroxylation is 3. The molecule has 0 spiro atoms. The zero-order chi connectivity index (χ0) is 17.4. The van der Waals surface area contributed by atoms with Crippen molar-refractivity contribution in [2.24, 2.45) is 4.99 Å². The van der Waals surface area contributed by atoms with Crippen molar-refractivity contribution in [2.75, 3.05) is 0 Å². The van der Waals surface area contributed by atoms with Crippen molar-refractivity contribution >= 4 is 6.21 Å². The second kappa shape index (κ2) is 6.20. The van der Waals surface area contributed by atoms with Crippen molar-refractivity contribution in [3.63, 3.8) is 0 Å². The first kappa shape index (κ1) is 15.6. The minimum atomic E-state index is 0.447. The average Bonchev–Trinajstić information content (AvgIpc) is 2.97. The SMILES string of the molecule is Cc1cc(C)c(C=NCc2nnc3c(n2)Cc2ccccc2-3)cc1C. The molecule has 3 aromatic rings. The molecule has 0 unspecified atom stereocenters. The van der Waals surface area contributed by atoms with E-state index < -0.39 is 0 Å². The summed E-state index contributed by atoms with van der Waals surface area (Å²) in [6, 6.07) is 12.7. The van der Waals surface area contributed by atoms with Crippen LogP contribution in [-0.2, 0) is 13.0 Å². The third-order valence-corrected chi connectivity index (χ3v) is 4.78. The van der Waals surface area contributed by atoms with Crippen molar-refractivity contribution in [3.05, 3.63) is 75.7 Å². The van der Waals surface area contributed by atoms with E-state index in [2.05, 4.69) is 71.3 Å². The van der Waals surface area contributed by atoms with Crippen LogP contribution in [0, 0.1) is 20.8 Å². The highest BCUT2D eigenvalue weighted by atomic mass is 15.2. The van der Waals surface area contributed by atoms with Crippen LogP contribution in [0.5, 0.6) is 0 Å². The fraction of sp³-hybridized carbons (Fsp3) is 0.238. The van der Waals surface area contributed by atoms with Gasteiger partial charge < -0.3 is 0 Å². The predicted octanol–water partition coefficient (Wildman–Crippen LogP) is 3.99. The number of aliphatic imine (C=N–C) groups is 1. The van der Waals surface area contributed by atoms with Gasteiger partial charge in [0.05, 0.1) is 5.69 Å². The van der Waals surface area contributed by atoms with Gasteiger partial charge in [-0.1, -0.05) is 30.3 Å². The molecule has 1 aliphatic rings. The Hall–Kier alpha value is -2.88. The standard InChI is InChI=1S/C21H20N4/c1-13-8-15(3)17(9-14(13)2)11-22-12-20-23-19-10-16-6-4-5-7-18(16)21(19)25-24-20/h4-9,11H,10,12H2,1-3H3. The lowest BCUT2D eigenvalue weighted by atomic mass is 10.0. The Balaban J connectivity index is 1.53. The maximum Gasteiger partial charge on any atom is 0.172 e. The minimum Gasteiger partial charge on any atom is -0.284 e. The molecular formula is C21H20N4. The van der Waals surface area contributed by atoms with Gasteiger partial charge in [0.25, 0.3) is 0 Å². The zero-order valence-corrected chi connectivity index (χ0v) is 14.7. The number of hydrogen-bond acceptors (Lipinski definition) is 4. The Bertz CT molecular complexity index is 989. The number of hydrogen-bond donors (Lipinski definition) is 0. The van der Waals surface area contributed by atoms with Crippen molar-refractivity contribution in [1.82, 2.24) is 15.2 Å². The Labute approximate surface area is 147 Å². The monoisotopic (exact) mass is 328 g/mol. The molecule has 4 rings (SSSR count). The van der Waals surface area contributed by atoms with Crippen LogP contribution in [0.4, 0.5) is 0 Å². The highest BCUT2D eigenvalue weighted by molar-refractivity contribution is 5.82. The summed E-state index contributed by atoms with van der Waals surface area (Å²) in [7, 11) is 0. The summed E-state index contributed by atoms with van der Waals surface area (Å²) in [5, 5.41) is 8.64. The minimum absolute atomic E-state index is 0.447. The highest BCUT2D eigenvalue weighted by Crippen LogP contribution is 2.32. The van der Waals surface area contributed by atoms with E-state index in [4.69, 9.17) is 0 Å². The summed E-state index contributed by atoms with van der Waals surface area (Å²) in [6.07, 6.45) is 2.74. The largest absolute Gasteiger partial charge is 0.284 e. The van der Waals surface area contributed by atoms with E-state index in [1.165, 1.54) is 22.3 Å². The van der Waals surface area contributed by atoms with E-state index in [0.717, 1.165) is 28.9 Å². The number of benzene rings is 2. The van der Waals surface area contributed by atoms with Crippen LogP contribution >= 0.6 is 0 Å². The molecule has 1 aromatic heterocycles. The van der Waals surface area contributed by atoms with Gasteiger partial charge in [-0.2, -0.15) is 0 Å². The molecule has 0 N–H and O–H groups in total. The predicted molar refractivity (Wildman–Crippen MR) is 100 cm³/mol. The molecule has 0 amide bonds. The molecule has 1 aliphatic carbocycles. The van der Waals surface area contributed by atoms with Gasteiger partial charge in [-0.05, 0) is 54.7 Å². The van der Waals surface area contributed by atoms with Crippen LogP contribution in [0.2, 0.25) is 0 Å². The first-order valence-electron chi connectivity index (χ1n) is 8.50. The molecular weight excluding hydrogens is 308 g/mol. The van der Waals surface area contributed by atoms with Gasteiger partial charge in [0, 0.05) is 18.2 Å². The Kier molecular flexibility index (Phi) is 3.88. The molecule has 25 heavy (non-hydrogen) atoms. The third-order valence-electron chi connectivity index (χ3n) is 4.78. The van der Waals surface area contributed by atoms with E-state index in [1.807, 2.05) is 12.3 Å². The first-order chi connectivity index (χ1) is 12.1. The van der Waals surface area contributed by atoms with Gasteiger partial charge in [-0.25, -0.2) is 4.98 Å². The summed E-state index contributed by atoms with van der Waals surface area (Å²) >= 11 is 0. The van der Waals surface area contributed by atoms with Crippen LogP contribution in [0.25, 0.3) is 11.3 Å². The first-order valence-corrected chi connectivity index (χ1v) is 8.50. The van der Waals surface area contributed by atoms with Gasteiger partial charge in [0.1, 0.15) is 12.2 Å². The van der Waals surface area contributed by atoms with E-state index in [9.17, 15) is 0 Å². The lowest BCUT2D eigenvalue weighted by Gasteiger charge is -2.05. The van der Waals surface area contributed by atoms with Gasteiger partial charge in [-0.3, -0.25) is 4.99 Å². The van der Waals surface area contributed by atoms with Crippen LogP contribution in [0.15, 0.2) is 41.4 Å². The second-order valence-corrected chi connectivity index (χ2v) is 6.62. The maximum atomic E-state index is 4.67. The van der Waals surface area contributed by atoms with Crippen molar-refractivity contribution in [2.45, 2.75) is 33.7 Å². The molecule has 0 saturated heterocycles. The van der Waals surface area contributed by atoms with Gasteiger partial charge in [-0.15, -0.1) is 10.2 Å². The molecule has 4 nitrogen and oxygen atoms in total. The maximum absolute atomic E-state index is 4.67. The summed E-state index contributed by atoms with van der Waals surface area (Å²) in [5.74, 6) is 0.671. The molecule has 0 radical (unpaired) electrons. The lowest BCUT2D eigenvalue weighted by molar-refractivity contribution is 0.819. The number of aromatic nitrogens is 3. The molecule has 1 heterocycles.